The molecule has 0 unspecified atom stereocenters. The molecule has 1 fully saturated rings. The Balaban J connectivity index is 2.33. The Kier molecular flexibility index (Phi) is 4.46. The lowest BCUT2D eigenvalue weighted by Crippen LogP contribution is -2.56. The molecule has 114 valence electrons. The van der Waals surface area contributed by atoms with E-state index < -0.39 is 28.6 Å². The van der Waals surface area contributed by atoms with Gasteiger partial charge in [-0.25, -0.2) is 8.78 Å². The molecule has 1 aromatic carbocycles. The van der Waals surface area contributed by atoms with Gasteiger partial charge in [-0.05, 0) is 25.0 Å². The maximum absolute atomic E-state index is 13.8. The summed E-state index contributed by atoms with van der Waals surface area (Å²) in [7, 11) is 0. The number of halogens is 3. The number of nitrogens with one attached hydrogen (secondary N) is 1. The van der Waals surface area contributed by atoms with Crippen LogP contribution >= 0.6 is 15.9 Å². The van der Waals surface area contributed by atoms with Crippen LogP contribution in [0.3, 0.4) is 0 Å². The van der Waals surface area contributed by atoms with Crippen molar-refractivity contribution in [1.29, 1.82) is 0 Å². The Hall–Kier alpha value is -1.70. The lowest BCUT2D eigenvalue weighted by molar-refractivity contribution is 0.0914. The zero-order valence-electron chi connectivity index (χ0n) is 11.0. The molecule has 2 rings (SSSR count). The van der Waals surface area contributed by atoms with Gasteiger partial charge in [0.2, 0.25) is 0 Å². The summed E-state index contributed by atoms with van der Waals surface area (Å²) in [5.41, 5.74) is 3.89. The van der Waals surface area contributed by atoms with Gasteiger partial charge in [0.15, 0.2) is 5.84 Å². The van der Waals surface area contributed by atoms with Gasteiger partial charge in [-0.2, -0.15) is 0 Å². The zero-order chi connectivity index (χ0) is 15.6. The molecule has 21 heavy (non-hydrogen) atoms. The second kappa shape index (κ2) is 5.97. The van der Waals surface area contributed by atoms with Gasteiger partial charge in [0.25, 0.3) is 5.91 Å². The lowest BCUT2D eigenvalue weighted by Gasteiger charge is -2.28. The fraction of sp³-hybridized carbons (Fsp3) is 0.385. The van der Waals surface area contributed by atoms with Crippen LogP contribution in [-0.4, -0.2) is 22.5 Å². The Labute approximate surface area is 128 Å². The smallest absolute Gasteiger partial charge is 0.258 e. The molecule has 4 N–H and O–H groups in total. The van der Waals surface area contributed by atoms with E-state index >= 15 is 0 Å². The third-order valence-electron chi connectivity index (χ3n) is 3.64. The first kappa shape index (κ1) is 15.7. The number of nitrogens with zero attached hydrogens (tertiary/aromatic N) is 1. The van der Waals surface area contributed by atoms with Crippen molar-refractivity contribution in [3.63, 3.8) is 0 Å². The topological polar surface area (TPSA) is 87.7 Å². The SMILES string of the molecule is NC(=NO)C1(NC(=O)c2c(F)cc(Br)cc2F)CCCC1. The largest absolute Gasteiger partial charge is 0.409 e. The molecule has 0 aromatic heterocycles. The van der Waals surface area contributed by atoms with Gasteiger partial charge in [0.05, 0.1) is 0 Å². The van der Waals surface area contributed by atoms with Gasteiger partial charge in [-0.1, -0.05) is 33.9 Å². The average molecular weight is 362 g/mol. The monoisotopic (exact) mass is 361 g/mol. The maximum Gasteiger partial charge on any atom is 0.258 e. The van der Waals surface area contributed by atoms with E-state index in [-0.39, 0.29) is 10.3 Å². The average Bonchev–Trinajstić information content (AvgIpc) is 2.86. The molecule has 1 amide bonds. The molecule has 0 atom stereocenters. The van der Waals surface area contributed by atoms with Gasteiger partial charge < -0.3 is 16.3 Å². The molecule has 0 bridgehead atoms. The van der Waals surface area contributed by atoms with Gasteiger partial charge in [-0.3, -0.25) is 4.79 Å². The molecule has 1 aliphatic rings. The van der Waals surface area contributed by atoms with Crippen molar-refractivity contribution in [1.82, 2.24) is 5.32 Å². The Bertz CT molecular complexity index is 578. The number of nitrogens with two attached hydrogens (primary N) is 1. The van der Waals surface area contributed by atoms with Crippen molar-refractivity contribution in [2.24, 2.45) is 10.9 Å². The molecule has 0 saturated heterocycles. The minimum absolute atomic E-state index is 0.161. The van der Waals surface area contributed by atoms with Crippen molar-refractivity contribution in [3.8, 4) is 0 Å². The summed E-state index contributed by atoms with van der Waals surface area (Å²) < 4.78 is 27.8. The van der Waals surface area contributed by atoms with E-state index in [0.717, 1.165) is 25.0 Å². The highest BCUT2D eigenvalue weighted by atomic mass is 79.9. The molecule has 0 heterocycles. The van der Waals surface area contributed by atoms with Gasteiger partial charge >= 0.3 is 0 Å². The van der Waals surface area contributed by atoms with Crippen molar-refractivity contribution < 1.29 is 18.8 Å². The third-order valence-corrected chi connectivity index (χ3v) is 4.10. The minimum atomic E-state index is -1.06. The second-order valence-corrected chi connectivity index (χ2v) is 5.89. The van der Waals surface area contributed by atoms with Crippen LogP contribution in [0.5, 0.6) is 0 Å². The number of amidine groups is 1. The first-order chi connectivity index (χ1) is 9.89. The summed E-state index contributed by atoms with van der Waals surface area (Å²) in [5.74, 6) is -3.05. The van der Waals surface area contributed by atoms with E-state index in [2.05, 4.69) is 26.4 Å². The first-order valence-corrected chi connectivity index (χ1v) is 7.14. The number of amides is 1. The number of hydrogen-bond acceptors (Lipinski definition) is 3. The molecule has 1 aliphatic carbocycles. The highest BCUT2D eigenvalue weighted by Crippen LogP contribution is 2.31. The van der Waals surface area contributed by atoms with Crippen molar-refractivity contribution in [2.45, 2.75) is 31.2 Å². The van der Waals surface area contributed by atoms with Crippen LogP contribution in [0, 0.1) is 11.6 Å². The Morgan fingerprint density at radius 3 is 2.33 bits per heavy atom. The number of benzene rings is 1. The van der Waals surface area contributed by atoms with E-state index in [0.29, 0.717) is 12.8 Å². The van der Waals surface area contributed by atoms with Crippen LogP contribution in [0.25, 0.3) is 0 Å². The van der Waals surface area contributed by atoms with Crippen molar-refractivity contribution in [2.75, 3.05) is 0 Å². The molecule has 0 radical (unpaired) electrons. The molecule has 8 heteroatoms. The summed E-state index contributed by atoms with van der Waals surface area (Å²) in [5, 5.41) is 14.3. The third kappa shape index (κ3) is 2.99. The number of rotatable bonds is 3. The van der Waals surface area contributed by atoms with E-state index in [4.69, 9.17) is 10.9 Å². The number of carbonyl (C=O) groups excluding carboxylic acids is 1. The zero-order valence-corrected chi connectivity index (χ0v) is 12.6. The van der Waals surface area contributed by atoms with Crippen LogP contribution in [-0.2, 0) is 0 Å². The number of carbonyl (C=O) groups is 1. The highest BCUT2D eigenvalue weighted by molar-refractivity contribution is 9.10. The molecule has 0 aliphatic heterocycles. The predicted octanol–water partition coefficient (Wildman–Crippen LogP) is 2.52. The number of hydrogen-bond donors (Lipinski definition) is 3. The molecule has 1 saturated carbocycles. The fourth-order valence-corrected chi connectivity index (χ4v) is 2.96. The van der Waals surface area contributed by atoms with Crippen molar-refractivity contribution in [3.05, 3.63) is 33.8 Å². The standard InChI is InChI=1S/C13H14BrF2N3O2/c14-7-5-8(15)10(9(16)6-7)11(20)18-13(12(17)19-21)3-1-2-4-13/h5-6,21H,1-4H2,(H2,17,19)(H,18,20). The number of oxime groups is 1. The quantitative estimate of drug-likeness (QED) is 0.334. The Morgan fingerprint density at radius 1 is 1.33 bits per heavy atom. The van der Waals surface area contributed by atoms with Crippen LogP contribution in [0.4, 0.5) is 8.78 Å². The van der Waals surface area contributed by atoms with E-state index in [9.17, 15) is 13.6 Å². The van der Waals surface area contributed by atoms with Gasteiger partial charge in [0, 0.05) is 4.47 Å². The van der Waals surface area contributed by atoms with Crippen LogP contribution in [0.2, 0.25) is 0 Å². The van der Waals surface area contributed by atoms with Crippen LogP contribution < -0.4 is 11.1 Å². The minimum Gasteiger partial charge on any atom is -0.409 e. The van der Waals surface area contributed by atoms with Crippen LogP contribution in [0.1, 0.15) is 36.0 Å². The molecule has 0 spiro atoms. The molecule has 5 nitrogen and oxygen atoms in total. The fourth-order valence-electron chi connectivity index (χ4n) is 2.56. The van der Waals surface area contributed by atoms with Gasteiger partial charge in [0.1, 0.15) is 22.7 Å². The molecular formula is C13H14BrF2N3O2. The van der Waals surface area contributed by atoms with E-state index in [1.807, 2.05) is 0 Å². The maximum atomic E-state index is 13.8. The summed E-state index contributed by atoms with van der Waals surface area (Å²) in [4.78, 5) is 12.2. The first-order valence-electron chi connectivity index (χ1n) is 6.35. The van der Waals surface area contributed by atoms with Crippen LogP contribution in [0.15, 0.2) is 21.8 Å². The summed E-state index contributed by atoms with van der Waals surface area (Å²) >= 11 is 2.95. The predicted molar refractivity (Wildman–Crippen MR) is 76.1 cm³/mol. The summed E-state index contributed by atoms with van der Waals surface area (Å²) in [6.45, 7) is 0. The summed E-state index contributed by atoms with van der Waals surface area (Å²) in [6.07, 6.45) is 2.44. The second-order valence-electron chi connectivity index (χ2n) is 4.97. The van der Waals surface area contributed by atoms with E-state index in [1.165, 1.54) is 0 Å². The normalized spacial score (nSPS) is 17.8. The van der Waals surface area contributed by atoms with E-state index in [1.54, 1.807) is 0 Å². The molecular weight excluding hydrogens is 348 g/mol. The summed E-state index contributed by atoms with van der Waals surface area (Å²) in [6, 6.07) is 2.01. The Morgan fingerprint density at radius 2 is 1.86 bits per heavy atom. The molecule has 1 aromatic rings. The van der Waals surface area contributed by atoms with Gasteiger partial charge in [-0.15, -0.1) is 0 Å². The van der Waals surface area contributed by atoms with Crippen molar-refractivity contribution >= 4 is 27.7 Å². The highest BCUT2D eigenvalue weighted by Gasteiger charge is 2.40. The lowest BCUT2D eigenvalue weighted by atomic mass is 9.95.